The van der Waals surface area contributed by atoms with Crippen LogP contribution in [0.15, 0.2) is 249 Å². The number of hydrogen-bond donors (Lipinski definition) is 1. The van der Waals surface area contributed by atoms with Crippen LogP contribution in [-0.4, -0.2) is 0 Å². The Morgan fingerprint density at radius 1 is 0.217 bits per heavy atom. The lowest BCUT2D eigenvalue weighted by atomic mass is 9.94. The van der Waals surface area contributed by atoms with Gasteiger partial charge in [0.25, 0.3) is 0 Å². The zero-order valence-electron chi connectivity index (χ0n) is 33.0. The fourth-order valence-electron chi connectivity index (χ4n) is 8.28. The summed E-state index contributed by atoms with van der Waals surface area (Å²) in [6.07, 6.45) is 0. The van der Waals surface area contributed by atoms with E-state index < -0.39 is 0 Å². The Hall–Kier alpha value is -8.08. The molecular formula is C56H42N4. The van der Waals surface area contributed by atoms with Crippen LogP contribution in [0.4, 0.5) is 62.6 Å². The SMILES string of the molecule is c1ccc(Nc2ccc3c(N(c4ccccc4)c4ccccc4)c4cc(N(c5ccccc5)c5ccccc5)ccc4c(N(c4ccccc4)c4ccccc4)c3c2)cc1. The molecule has 10 aromatic rings. The maximum atomic E-state index is 3.72. The standard InChI is InChI=1S/C56H42N4/c1-8-22-42(23-9-1)57-43-36-38-51-53(40-43)55(59(46-28-14-4-15-29-46)47-30-16-5-17-31-47)52-39-37-50(58(44-24-10-2-11-25-44)45-26-12-3-13-27-45)41-54(52)56(51)60(48-32-18-6-19-33-48)49-34-20-7-21-35-49/h1-41,57H. The Morgan fingerprint density at radius 3 is 0.917 bits per heavy atom. The van der Waals surface area contributed by atoms with Gasteiger partial charge in [0.2, 0.25) is 0 Å². The third kappa shape index (κ3) is 7.08. The van der Waals surface area contributed by atoms with E-state index in [-0.39, 0.29) is 0 Å². The van der Waals surface area contributed by atoms with Gasteiger partial charge in [0.15, 0.2) is 0 Å². The summed E-state index contributed by atoms with van der Waals surface area (Å²) < 4.78 is 0. The molecule has 0 spiro atoms. The molecule has 4 heteroatoms. The topological polar surface area (TPSA) is 21.8 Å². The summed E-state index contributed by atoms with van der Waals surface area (Å²) in [6, 6.07) is 88.4. The predicted octanol–water partition coefficient (Wildman–Crippen LogP) is 16.1. The van der Waals surface area contributed by atoms with Gasteiger partial charge in [-0.1, -0.05) is 140 Å². The van der Waals surface area contributed by atoms with Crippen LogP contribution >= 0.6 is 0 Å². The lowest BCUT2D eigenvalue weighted by Gasteiger charge is -2.34. The molecule has 10 aromatic carbocycles. The number of rotatable bonds is 11. The van der Waals surface area contributed by atoms with Crippen molar-refractivity contribution in [2.45, 2.75) is 0 Å². The molecule has 60 heavy (non-hydrogen) atoms. The van der Waals surface area contributed by atoms with E-state index in [1.54, 1.807) is 0 Å². The first kappa shape index (κ1) is 36.3. The summed E-state index contributed by atoms with van der Waals surface area (Å²) in [6.45, 7) is 0. The number of anilines is 11. The first-order valence-electron chi connectivity index (χ1n) is 20.4. The smallest absolute Gasteiger partial charge is 0.0620 e. The molecule has 0 amide bonds. The average Bonchev–Trinajstić information content (AvgIpc) is 3.32. The molecule has 0 atom stereocenters. The molecule has 10 rings (SSSR count). The van der Waals surface area contributed by atoms with Gasteiger partial charge >= 0.3 is 0 Å². The van der Waals surface area contributed by atoms with Crippen molar-refractivity contribution in [3.05, 3.63) is 249 Å². The summed E-state index contributed by atoms with van der Waals surface area (Å²) >= 11 is 0. The predicted molar refractivity (Wildman–Crippen MR) is 255 cm³/mol. The van der Waals surface area contributed by atoms with E-state index in [9.17, 15) is 0 Å². The van der Waals surface area contributed by atoms with Crippen LogP contribution in [0.1, 0.15) is 0 Å². The molecule has 0 unspecified atom stereocenters. The zero-order valence-corrected chi connectivity index (χ0v) is 33.0. The van der Waals surface area contributed by atoms with Crippen molar-refractivity contribution in [2.75, 3.05) is 20.0 Å². The van der Waals surface area contributed by atoms with Crippen LogP contribution < -0.4 is 20.0 Å². The lowest BCUT2D eigenvalue weighted by Crippen LogP contribution is -2.15. The highest BCUT2D eigenvalue weighted by atomic mass is 15.2. The van der Waals surface area contributed by atoms with Gasteiger partial charge in [-0.2, -0.15) is 0 Å². The monoisotopic (exact) mass is 770 g/mol. The van der Waals surface area contributed by atoms with Gasteiger partial charge in [-0.05, 0) is 109 Å². The maximum absolute atomic E-state index is 3.72. The summed E-state index contributed by atoms with van der Waals surface area (Å²) in [5.41, 5.74) is 11.7. The third-order valence-electron chi connectivity index (χ3n) is 10.9. The van der Waals surface area contributed by atoms with Gasteiger partial charge in [0.1, 0.15) is 0 Å². The minimum Gasteiger partial charge on any atom is -0.356 e. The Kier molecular flexibility index (Phi) is 9.92. The molecule has 0 fully saturated rings. The van der Waals surface area contributed by atoms with Crippen molar-refractivity contribution in [1.29, 1.82) is 0 Å². The largest absolute Gasteiger partial charge is 0.356 e. The van der Waals surface area contributed by atoms with E-state index in [0.717, 1.165) is 84.1 Å². The fourth-order valence-corrected chi connectivity index (χ4v) is 8.28. The molecule has 0 aromatic heterocycles. The van der Waals surface area contributed by atoms with Gasteiger partial charge in [0, 0.05) is 72.7 Å². The zero-order chi connectivity index (χ0) is 40.1. The van der Waals surface area contributed by atoms with E-state index in [0.29, 0.717) is 0 Å². The second-order valence-electron chi connectivity index (χ2n) is 14.7. The van der Waals surface area contributed by atoms with Gasteiger partial charge in [-0.25, -0.2) is 0 Å². The maximum Gasteiger partial charge on any atom is 0.0620 e. The van der Waals surface area contributed by atoms with Gasteiger partial charge in [-0.15, -0.1) is 0 Å². The van der Waals surface area contributed by atoms with Crippen molar-refractivity contribution in [3.63, 3.8) is 0 Å². The van der Waals surface area contributed by atoms with E-state index in [2.05, 4.69) is 263 Å². The van der Waals surface area contributed by atoms with Crippen LogP contribution in [0.25, 0.3) is 21.5 Å². The molecule has 0 aliphatic heterocycles. The van der Waals surface area contributed by atoms with Crippen molar-refractivity contribution in [3.8, 4) is 0 Å². The fraction of sp³-hybridized carbons (Fsp3) is 0. The number of para-hydroxylation sites is 7. The molecule has 0 heterocycles. The quantitative estimate of drug-likeness (QED) is 0.104. The number of hydrogen-bond acceptors (Lipinski definition) is 4. The number of benzene rings is 10. The molecule has 1 N–H and O–H groups in total. The number of nitrogens with zero attached hydrogens (tertiary/aromatic N) is 3. The van der Waals surface area contributed by atoms with Crippen molar-refractivity contribution < 1.29 is 0 Å². The van der Waals surface area contributed by atoms with Crippen molar-refractivity contribution >= 4 is 84.1 Å². The highest BCUT2D eigenvalue weighted by Gasteiger charge is 2.27. The van der Waals surface area contributed by atoms with E-state index in [4.69, 9.17) is 0 Å². The number of nitrogens with one attached hydrogen (secondary N) is 1. The summed E-state index contributed by atoms with van der Waals surface area (Å²) in [5, 5.41) is 8.17. The highest BCUT2D eigenvalue weighted by Crippen LogP contribution is 2.53. The Bertz CT molecular complexity index is 2860. The minimum atomic E-state index is 1.00. The normalized spacial score (nSPS) is 11.0. The summed E-state index contributed by atoms with van der Waals surface area (Å²) in [7, 11) is 0. The molecular weight excluding hydrogens is 729 g/mol. The van der Waals surface area contributed by atoms with E-state index in [1.807, 2.05) is 6.07 Å². The van der Waals surface area contributed by atoms with Crippen LogP contribution in [0.3, 0.4) is 0 Å². The highest BCUT2D eigenvalue weighted by molar-refractivity contribution is 6.24. The minimum absolute atomic E-state index is 1.00. The molecule has 0 saturated heterocycles. The number of fused-ring (bicyclic) bond motifs is 2. The molecule has 0 bridgehead atoms. The van der Waals surface area contributed by atoms with Crippen molar-refractivity contribution in [2.24, 2.45) is 0 Å². The van der Waals surface area contributed by atoms with E-state index in [1.165, 1.54) is 0 Å². The Morgan fingerprint density at radius 2 is 0.533 bits per heavy atom. The van der Waals surface area contributed by atoms with Gasteiger partial charge in [0.05, 0.1) is 11.4 Å². The molecule has 4 nitrogen and oxygen atoms in total. The Balaban J connectivity index is 1.36. The van der Waals surface area contributed by atoms with Crippen molar-refractivity contribution in [1.82, 2.24) is 0 Å². The third-order valence-corrected chi connectivity index (χ3v) is 10.9. The summed E-state index contributed by atoms with van der Waals surface area (Å²) in [4.78, 5) is 7.19. The van der Waals surface area contributed by atoms with Gasteiger partial charge < -0.3 is 20.0 Å². The van der Waals surface area contributed by atoms with Gasteiger partial charge in [-0.3, -0.25) is 0 Å². The first-order valence-corrected chi connectivity index (χ1v) is 20.4. The first-order chi connectivity index (χ1) is 29.8. The molecule has 0 aliphatic carbocycles. The molecule has 0 radical (unpaired) electrons. The lowest BCUT2D eigenvalue weighted by molar-refractivity contribution is 1.28. The van der Waals surface area contributed by atoms with Crippen LogP contribution in [0.5, 0.6) is 0 Å². The molecule has 0 saturated carbocycles. The van der Waals surface area contributed by atoms with Crippen LogP contribution in [0, 0.1) is 0 Å². The van der Waals surface area contributed by atoms with E-state index >= 15 is 0 Å². The second kappa shape index (κ2) is 16.4. The molecule has 286 valence electrons. The van der Waals surface area contributed by atoms with Crippen LogP contribution in [-0.2, 0) is 0 Å². The Labute approximate surface area is 351 Å². The average molecular weight is 771 g/mol. The van der Waals surface area contributed by atoms with Crippen LogP contribution in [0.2, 0.25) is 0 Å². The molecule has 0 aliphatic rings. The summed E-state index contributed by atoms with van der Waals surface area (Å²) in [5.74, 6) is 0. The second-order valence-corrected chi connectivity index (χ2v) is 14.7.